The van der Waals surface area contributed by atoms with E-state index in [2.05, 4.69) is 25.6 Å². The van der Waals surface area contributed by atoms with Gasteiger partial charge >= 0.3 is 0 Å². The summed E-state index contributed by atoms with van der Waals surface area (Å²) in [5.41, 5.74) is 1.77. The van der Waals surface area contributed by atoms with Crippen LogP contribution in [0.4, 0.5) is 15.9 Å². The van der Waals surface area contributed by atoms with E-state index < -0.39 is 5.95 Å². The Morgan fingerprint density at radius 2 is 1.93 bits per heavy atom. The van der Waals surface area contributed by atoms with Crippen LogP contribution in [-0.4, -0.2) is 26.8 Å². The summed E-state index contributed by atoms with van der Waals surface area (Å²) >= 11 is 0. The molecule has 0 atom stereocenters. The second-order valence-corrected chi connectivity index (χ2v) is 6.46. The average molecular weight is 377 g/mol. The van der Waals surface area contributed by atoms with Crippen molar-refractivity contribution < 1.29 is 14.0 Å². The fourth-order valence-electron chi connectivity index (χ4n) is 2.63. The fraction of sp³-hybridized carbons (Fsp3) is 0.150. The molecule has 28 heavy (non-hydrogen) atoms. The van der Waals surface area contributed by atoms with Gasteiger partial charge < -0.3 is 10.6 Å². The molecule has 8 heteroatoms. The number of nitrogens with one attached hydrogen (secondary N) is 2. The smallest absolute Gasteiger partial charge is 0.255 e. The van der Waals surface area contributed by atoms with Crippen molar-refractivity contribution in [3.8, 4) is 11.3 Å². The second-order valence-electron chi connectivity index (χ2n) is 6.46. The minimum absolute atomic E-state index is 0.0459. The molecule has 2 N–H and O–H groups in total. The molecule has 0 radical (unpaired) electrons. The summed E-state index contributed by atoms with van der Waals surface area (Å²) in [4.78, 5) is 36.4. The van der Waals surface area contributed by atoms with Crippen LogP contribution >= 0.6 is 0 Å². The van der Waals surface area contributed by atoms with Crippen LogP contribution in [0.15, 0.2) is 55.0 Å². The zero-order valence-electron chi connectivity index (χ0n) is 14.7. The molecule has 3 aromatic heterocycles. The largest absolute Gasteiger partial charge is 0.321 e. The highest BCUT2D eigenvalue weighted by atomic mass is 19.1. The minimum Gasteiger partial charge on any atom is -0.321 e. The van der Waals surface area contributed by atoms with E-state index in [1.807, 2.05) is 0 Å². The molecule has 0 spiro atoms. The highest BCUT2D eigenvalue weighted by Crippen LogP contribution is 2.30. The number of amides is 2. The van der Waals surface area contributed by atoms with Crippen molar-refractivity contribution in [3.05, 3.63) is 66.5 Å². The first-order valence-corrected chi connectivity index (χ1v) is 8.75. The van der Waals surface area contributed by atoms with Crippen LogP contribution in [-0.2, 0) is 4.79 Å². The number of pyridine rings is 3. The maximum Gasteiger partial charge on any atom is 0.255 e. The van der Waals surface area contributed by atoms with Gasteiger partial charge in [-0.15, -0.1) is 0 Å². The predicted molar refractivity (Wildman–Crippen MR) is 101 cm³/mol. The molecular weight excluding hydrogens is 361 g/mol. The van der Waals surface area contributed by atoms with Crippen LogP contribution in [0, 0.1) is 11.9 Å². The summed E-state index contributed by atoms with van der Waals surface area (Å²) in [6.07, 6.45) is 6.25. The maximum atomic E-state index is 13.3. The number of rotatable bonds is 5. The van der Waals surface area contributed by atoms with Gasteiger partial charge in [0.05, 0.1) is 17.6 Å². The summed E-state index contributed by atoms with van der Waals surface area (Å²) in [6, 6.07) is 9.19. The van der Waals surface area contributed by atoms with Gasteiger partial charge in [0.15, 0.2) is 0 Å². The number of anilines is 2. The third-order valence-electron chi connectivity index (χ3n) is 4.23. The van der Waals surface area contributed by atoms with Gasteiger partial charge in [0.25, 0.3) is 5.91 Å². The Kier molecular flexibility index (Phi) is 4.76. The Morgan fingerprint density at radius 1 is 1.07 bits per heavy atom. The van der Waals surface area contributed by atoms with Crippen molar-refractivity contribution >= 4 is 23.3 Å². The van der Waals surface area contributed by atoms with Crippen LogP contribution in [0.25, 0.3) is 11.3 Å². The summed E-state index contributed by atoms with van der Waals surface area (Å²) in [5.74, 6) is -0.672. The quantitative estimate of drug-likeness (QED) is 0.665. The monoisotopic (exact) mass is 377 g/mol. The van der Waals surface area contributed by atoms with Crippen LogP contribution < -0.4 is 10.6 Å². The molecule has 3 heterocycles. The first-order valence-electron chi connectivity index (χ1n) is 8.75. The first kappa shape index (κ1) is 17.7. The number of nitrogens with zero attached hydrogens (tertiary/aromatic N) is 3. The molecule has 4 rings (SSSR count). The highest BCUT2D eigenvalue weighted by Gasteiger charge is 2.29. The Morgan fingerprint density at radius 3 is 2.71 bits per heavy atom. The maximum absolute atomic E-state index is 13.3. The van der Waals surface area contributed by atoms with E-state index in [9.17, 15) is 14.0 Å². The normalized spacial score (nSPS) is 13.0. The van der Waals surface area contributed by atoms with Gasteiger partial charge in [0, 0.05) is 29.4 Å². The molecule has 1 aliphatic rings. The van der Waals surface area contributed by atoms with E-state index in [1.165, 1.54) is 30.7 Å². The van der Waals surface area contributed by atoms with E-state index in [0.717, 1.165) is 12.8 Å². The Hall–Kier alpha value is -3.68. The van der Waals surface area contributed by atoms with Crippen LogP contribution in [0.3, 0.4) is 0 Å². The lowest BCUT2D eigenvalue weighted by atomic mass is 10.1. The average Bonchev–Trinajstić information content (AvgIpc) is 3.54. The van der Waals surface area contributed by atoms with Gasteiger partial charge in [-0.1, -0.05) is 6.07 Å². The molecule has 0 bridgehead atoms. The third kappa shape index (κ3) is 4.17. The zero-order chi connectivity index (χ0) is 19.5. The molecule has 1 aliphatic carbocycles. The molecule has 0 saturated heterocycles. The van der Waals surface area contributed by atoms with Gasteiger partial charge in [-0.25, -0.2) is 9.97 Å². The molecule has 1 saturated carbocycles. The SMILES string of the molecule is O=C(Nc1cncc(-c2cccc(F)n2)c1)c1ccnc(NC(=O)C2CC2)c1. The Labute approximate surface area is 160 Å². The molecule has 0 unspecified atom stereocenters. The Bertz CT molecular complexity index is 1050. The summed E-state index contributed by atoms with van der Waals surface area (Å²) in [6.45, 7) is 0. The second kappa shape index (κ2) is 7.51. The molecule has 7 nitrogen and oxygen atoms in total. The molecule has 0 aliphatic heterocycles. The lowest BCUT2D eigenvalue weighted by molar-refractivity contribution is -0.117. The molecule has 140 valence electrons. The third-order valence-corrected chi connectivity index (χ3v) is 4.23. The number of carbonyl (C=O) groups is 2. The van der Waals surface area contributed by atoms with E-state index >= 15 is 0 Å². The Balaban J connectivity index is 1.49. The van der Waals surface area contributed by atoms with Crippen molar-refractivity contribution in [1.82, 2.24) is 15.0 Å². The minimum atomic E-state index is -0.593. The van der Waals surface area contributed by atoms with E-state index in [0.29, 0.717) is 28.3 Å². The number of carbonyl (C=O) groups excluding carboxylic acids is 2. The van der Waals surface area contributed by atoms with Crippen molar-refractivity contribution in [3.63, 3.8) is 0 Å². The molecule has 0 aromatic carbocycles. The summed E-state index contributed by atoms with van der Waals surface area (Å²) < 4.78 is 13.3. The van der Waals surface area contributed by atoms with Crippen LogP contribution in [0.5, 0.6) is 0 Å². The van der Waals surface area contributed by atoms with Crippen LogP contribution in [0.2, 0.25) is 0 Å². The van der Waals surface area contributed by atoms with Gasteiger partial charge in [-0.05, 0) is 43.2 Å². The van der Waals surface area contributed by atoms with E-state index in [1.54, 1.807) is 24.3 Å². The van der Waals surface area contributed by atoms with E-state index in [-0.39, 0.29) is 17.7 Å². The number of aromatic nitrogens is 3. The summed E-state index contributed by atoms with van der Waals surface area (Å²) in [5, 5.41) is 5.45. The van der Waals surface area contributed by atoms with Crippen molar-refractivity contribution in [2.45, 2.75) is 12.8 Å². The number of hydrogen-bond acceptors (Lipinski definition) is 5. The number of hydrogen-bond donors (Lipinski definition) is 2. The van der Waals surface area contributed by atoms with Crippen molar-refractivity contribution in [2.24, 2.45) is 5.92 Å². The topological polar surface area (TPSA) is 96.9 Å². The molecular formula is C20H16FN5O2. The predicted octanol–water partition coefficient (Wildman–Crippen LogP) is 3.28. The van der Waals surface area contributed by atoms with Crippen molar-refractivity contribution in [1.29, 1.82) is 0 Å². The first-order chi connectivity index (χ1) is 13.6. The van der Waals surface area contributed by atoms with Crippen LogP contribution in [0.1, 0.15) is 23.2 Å². The highest BCUT2D eigenvalue weighted by molar-refractivity contribution is 6.05. The van der Waals surface area contributed by atoms with Gasteiger partial charge in [0.1, 0.15) is 5.82 Å². The van der Waals surface area contributed by atoms with E-state index in [4.69, 9.17) is 0 Å². The zero-order valence-corrected chi connectivity index (χ0v) is 14.7. The fourth-order valence-corrected chi connectivity index (χ4v) is 2.63. The van der Waals surface area contributed by atoms with Gasteiger partial charge in [-0.3, -0.25) is 14.6 Å². The molecule has 2 amide bonds. The van der Waals surface area contributed by atoms with Gasteiger partial charge in [-0.2, -0.15) is 4.39 Å². The lowest BCUT2D eigenvalue weighted by Gasteiger charge is -2.08. The summed E-state index contributed by atoms with van der Waals surface area (Å²) in [7, 11) is 0. The number of halogens is 1. The van der Waals surface area contributed by atoms with Gasteiger partial charge in [0.2, 0.25) is 11.9 Å². The standard InChI is InChI=1S/C20H16FN5O2/c21-17-3-1-2-16(25-17)14-8-15(11-22-10-14)24-20(28)13-6-7-23-18(9-13)26-19(27)12-4-5-12/h1-3,6-12H,4-5H2,(H,24,28)(H,23,26,27). The molecule has 3 aromatic rings. The lowest BCUT2D eigenvalue weighted by Crippen LogP contribution is -2.16. The molecule has 1 fully saturated rings. The van der Waals surface area contributed by atoms with Crippen molar-refractivity contribution in [2.75, 3.05) is 10.6 Å².